The quantitative estimate of drug-likeness (QED) is 0.475. The molecule has 12 heteroatoms. The Morgan fingerprint density at radius 3 is 2.03 bits per heavy atom. The second-order valence-electron chi connectivity index (χ2n) is 9.11. The fraction of sp³-hybridized carbons (Fsp3) is 0.565. The Morgan fingerprint density at radius 2 is 1.51 bits per heavy atom. The Morgan fingerprint density at radius 1 is 0.943 bits per heavy atom. The van der Waals surface area contributed by atoms with E-state index in [1.807, 2.05) is 0 Å². The number of nitrogens with one attached hydrogen (secondary N) is 3. The number of Topliss-reactive ketones (excluding diaryl/α,β-unsaturated/α-hetero) is 1. The van der Waals surface area contributed by atoms with E-state index in [-0.39, 0.29) is 18.9 Å². The lowest BCUT2D eigenvalue weighted by atomic mass is 9.98. The summed E-state index contributed by atoms with van der Waals surface area (Å²) in [6.07, 6.45) is -4.48. The average molecular weight is 503 g/mol. The largest absolute Gasteiger partial charge is 0.452 e. The summed E-state index contributed by atoms with van der Waals surface area (Å²) < 4.78 is 51.9. The number of benzene rings is 1. The van der Waals surface area contributed by atoms with Crippen LogP contribution in [0.1, 0.15) is 40.5 Å². The number of urea groups is 1. The SMILES string of the molecule is CC(C)C(NC(=O)[C@@H]1CCCN1C(=O)[C@@H](NC(=O)Nc1ccc(F)cc1)C(C)C)C(=O)C(F)(F)F. The number of hydrogen-bond acceptors (Lipinski definition) is 4. The number of nitrogens with zero attached hydrogens (tertiary/aromatic N) is 1. The van der Waals surface area contributed by atoms with E-state index in [9.17, 15) is 36.7 Å². The highest BCUT2D eigenvalue weighted by Crippen LogP contribution is 2.24. The van der Waals surface area contributed by atoms with Crippen LogP contribution in [0.4, 0.5) is 28.0 Å². The van der Waals surface area contributed by atoms with E-state index in [0.29, 0.717) is 12.1 Å². The first kappa shape index (κ1) is 28.1. The van der Waals surface area contributed by atoms with Gasteiger partial charge in [-0.2, -0.15) is 13.2 Å². The van der Waals surface area contributed by atoms with Crippen molar-refractivity contribution in [3.63, 3.8) is 0 Å². The Bertz CT molecular complexity index is 934. The van der Waals surface area contributed by atoms with Gasteiger partial charge in [0.2, 0.25) is 11.8 Å². The minimum absolute atomic E-state index is 0.168. The van der Waals surface area contributed by atoms with E-state index in [0.717, 1.165) is 12.1 Å². The molecule has 35 heavy (non-hydrogen) atoms. The number of hydrogen-bond donors (Lipinski definition) is 3. The lowest BCUT2D eigenvalue weighted by molar-refractivity contribution is -0.175. The van der Waals surface area contributed by atoms with Crippen molar-refractivity contribution in [3.05, 3.63) is 30.1 Å². The molecule has 1 aliphatic rings. The number of alkyl halides is 3. The minimum Gasteiger partial charge on any atom is -0.344 e. The molecule has 1 fully saturated rings. The van der Waals surface area contributed by atoms with Gasteiger partial charge < -0.3 is 20.9 Å². The molecule has 3 N–H and O–H groups in total. The minimum atomic E-state index is -5.11. The second-order valence-corrected chi connectivity index (χ2v) is 9.11. The van der Waals surface area contributed by atoms with Crippen LogP contribution in [0.5, 0.6) is 0 Å². The maximum Gasteiger partial charge on any atom is 0.452 e. The fourth-order valence-electron chi connectivity index (χ4n) is 3.80. The van der Waals surface area contributed by atoms with Gasteiger partial charge >= 0.3 is 12.2 Å². The normalized spacial score (nSPS) is 17.8. The molecule has 0 radical (unpaired) electrons. The van der Waals surface area contributed by atoms with Crippen molar-refractivity contribution in [2.24, 2.45) is 11.8 Å². The van der Waals surface area contributed by atoms with Crippen LogP contribution in [-0.2, 0) is 14.4 Å². The number of carbonyl (C=O) groups is 4. The average Bonchev–Trinajstić information content (AvgIpc) is 3.25. The van der Waals surface area contributed by atoms with E-state index in [4.69, 9.17) is 0 Å². The summed E-state index contributed by atoms with van der Waals surface area (Å²) in [6.45, 7) is 6.29. The van der Waals surface area contributed by atoms with Crippen molar-refractivity contribution in [1.29, 1.82) is 0 Å². The number of ketones is 1. The topological polar surface area (TPSA) is 108 Å². The highest BCUT2D eigenvalue weighted by Gasteiger charge is 2.46. The number of anilines is 1. The lowest BCUT2D eigenvalue weighted by Gasteiger charge is -2.31. The molecule has 0 aromatic heterocycles. The highest BCUT2D eigenvalue weighted by molar-refractivity contribution is 5.97. The first-order valence-corrected chi connectivity index (χ1v) is 11.3. The Kier molecular flexibility index (Phi) is 9.22. The molecule has 1 aromatic rings. The number of rotatable bonds is 8. The van der Waals surface area contributed by atoms with E-state index >= 15 is 0 Å². The third-order valence-electron chi connectivity index (χ3n) is 5.69. The summed E-state index contributed by atoms with van der Waals surface area (Å²) in [4.78, 5) is 51.5. The molecule has 2 rings (SSSR count). The molecule has 1 saturated heterocycles. The first-order valence-electron chi connectivity index (χ1n) is 11.3. The molecule has 1 unspecified atom stereocenters. The smallest absolute Gasteiger partial charge is 0.344 e. The predicted molar refractivity (Wildman–Crippen MR) is 120 cm³/mol. The summed E-state index contributed by atoms with van der Waals surface area (Å²) in [6, 6.07) is 0.379. The van der Waals surface area contributed by atoms with E-state index in [1.54, 1.807) is 13.8 Å². The number of carbonyl (C=O) groups excluding carboxylic acids is 4. The molecule has 1 heterocycles. The van der Waals surface area contributed by atoms with Gasteiger partial charge in [-0.25, -0.2) is 9.18 Å². The van der Waals surface area contributed by atoms with Gasteiger partial charge in [-0.1, -0.05) is 27.7 Å². The fourth-order valence-corrected chi connectivity index (χ4v) is 3.80. The standard InChI is InChI=1S/C23H30F4N4O4/c1-12(2)17(19(32)23(25,26)27)29-20(33)16-6-5-11-31(16)21(34)18(13(3)4)30-22(35)28-15-9-7-14(24)8-10-15/h7-10,12-13,16-18H,5-6,11H2,1-4H3,(H,29,33)(H2,28,30,35)/t16-,17?,18-/m0/s1. The number of halogens is 4. The van der Waals surface area contributed by atoms with Gasteiger partial charge in [0.05, 0.1) is 6.04 Å². The van der Waals surface area contributed by atoms with Crippen LogP contribution in [-0.4, -0.2) is 59.4 Å². The van der Waals surface area contributed by atoms with E-state index in [1.165, 1.54) is 30.9 Å². The van der Waals surface area contributed by atoms with Gasteiger partial charge in [0, 0.05) is 12.2 Å². The maximum atomic E-state index is 13.3. The molecule has 3 atom stereocenters. The van der Waals surface area contributed by atoms with Crippen LogP contribution in [0.25, 0.3) is 0 Å². The van der Waals surface area contributed by atoms with Crippen LogP contribution in [0.2, 0.25) is 0 Å². The molecule has 194 valence electrons. The highest BCUT2D eigenvalue weighted by atomic mass is 19.4. The van der Waals surface area contributed by atoms with Crippen LogP contribution in [0.3, 0.4) is 0 Å². The lowest BCUT2D eigenvalue weighted by Crippen LogP contribution is -2.58. The Balaban J connectivity index is 2.12. The Labute approximate surface area is 200 Å². The van der Waals surface area contributed by atoms with Crippen molar-refractivity contribution in [2.75, 3.05) is 11.9 Å². The summed E-state index contributed by atoms with van der Waals surface area (Å²) in [5.74, 6) is -5.18. The van der Waals surface area contributed by atoms with Crippen molar-refractivity contribution in [3.8, 4) is 0 Å². The number of likely N-dealkylation sites (tertiary alicyclic amines) is 1. The molecule has 1 aliphatic heterocycles. The molecule has 0 spiro atoms. The summed E-state index contributed by atoms with van der Waals surface area (Å²) in [5.41, 5.74) is 0.298. The van der Waals surface area contributed by atoms with Crippen LogP contribution >= 0.6 is 0 Å². The molecule has 1 aromatic carbocycles. The van der Waals surface area contributed by atoms with Gasteiger partial charge in [0.25, 0.3) is 5.78 Å². The number of amides is 4. The predicted octanol–water partition coefficient (Wildman–Crippen LogP) is 3.24. The van der Waals surface area contributed by atoms with Crippen LogP contribution in [0.15, 0.2) is 24.3 Å². The van der Waals surface area contributed by atoms with Gasteiger partial charge in [-0.05, 0) is 48.9 Å². The molecule has 0 saturated carbocycles. The van der Waals surface area contributed by atoms with E-state index in [2.05, 4.69) is 16.0 Å². The van der Waals surface area contributed by atoms with E-state index < -0.39 is 59.7 Å². The summed E-state index contributed by atoms with van der Waals surface area (Å²) >= 11 is 0. The zero-order valence-electron chi connectivity index (χ0n) is 19.9. The van der Waals surface area contributed by atoms with Crippen LogP contribution < -0.4 is 16.0 Å². The Hall–Kier alpha value is -3.18. The van der Waals surface area contributed by atoms with Gasteiger partial charge in [0.1, 0.15) is 17.9 Å². The molecule has 0 aliphatic carbocycles. The first-order chi connectivity index (χ1) is 16.2. The maximum absolute atomic E-state index is 13.3. The second kappa shape index (κ2) is 11.5. The van der Waals surface area contributed by atoms with Crippen molar-refractivity contribution in [1.82, 2.24) is 15.5 Å². The van der Waals surface area contributed by atoms with Gasteiger partial charge in [-0.15, -0.1) is 0 Å². The zero-order valence-corrected chi connectivity index (χ0v) is 19.9. The van der Waals surface area contributed by atoms with Gasteiger partial charge in [0.15, 0.2) is 0 Å². The molecule has 8 nitrogen and oxygen atoms in total. The monoisotopic (exact) mass is 502 g/mol. The summed E-state index contributed by atoms with van der Waals surface area (Å²) in [7, 11) is 0. The van der Waals surface area contributed by atoms with Gasteiger partial charge in [-0.3, -0.25) is 14.4 Å². The van der Waals surface area contributed by atoms with Crippen LogP contribution in [0, 0.1) is 17.7 Å². The molecule has 0 bridgehead atoms. The van der Waals surface area contributed by atoms with Crippen molar-refractivity contribution < 1.29 is 36.7 Å². The van der Waals surface area contributed by atoms with Crippen molar-refractivity contribution >= 4 is 29.3 Å². The van der Waals surface area contributed by atoms with Crippen molar-refractivity contribution in [2.45, 2.75) is 64.8 Å². The third kappa shape index (κ3) is 7.40. The zero-order chi connectivity index (χ0) is 26.5. The third-order valence-corrected chi connectivity index (χ3v) is 5.69. The molecular formula is C23H30F4N4O4. The molecular weight excluding hydrogens is 472 g/mol. The summed E-state index contributed by atoms with van der Waals surface area (Å²) in [5, 5.41) is 7.19. The molecule has 4 amide bonds.